The maximum Gasteiger partial charge on any atom is 0.243 e. The van der Waals surface area contributed by atoms with Crippen LogP contribution >= 0.6 is 12.4 Å². The molecule has 0 radical (unpaired) electrons. The van der Waals surface area contributed by atoms with Crippen molar-refractivity contribution >= 4 is 41.9 Å². The minimum atomic E-state index is -0.964. The number of carbonyl (C=O) groups is 3. The number of nitrogen functional groups attached to an aromatic ring is 1. The van der Waals surface area contributed by atoms with E-state index in [1.807, 2.05) is 0 Å². The van der Waals surface area contributed by atoms with Gasteiger partial charge in [-0.3, -0.25) is 24.8 Å². The number of guanidine groups is 1. The van der Waals surface area contributed by atoms with Gasteiger partial charge in [-0.1, -0.05) is 55.7 Å². The minimum Gasteiger partial charge on any atom is -0.384 e. The third kappa shape index (κ3) is 10.9. The van der Waals surface area contributed by atoms with E-state index in [1.165, 1.54) is 18.2 Å². The van der Waals surface area contributed by atoms with Crippen molar-refractivity contribution in [3.63, 3.8) is 0 Å². The Morgan fingerprint density at radius 3 is 2.21 bits per heavy atom. The van der Waals surface area contributed by atoms with Gasteiger partial charge in [0.2, 0.25) is 17.7 Å². The molecule has 1 unspecified atom stereocenters. The molecule has 1 aliphatic carbocycles. The van der Waals surface area contributed by atoms with Crippen molar-refractivity contribution in [3.8, 4) is 0 Å². The van der Waals surface area contributed by atoms with Crippen LogP contribution in [0.3, 0.4) is 0 Å². The third-order valence-corrected chi connectivity index (χ3v) is 7.58. The topological polar surface area (TPSA) is 216 Å². The number of nitrogens with zero attached hydrogens (tertiary/aromatic N) is 1. The molecule has 3 atom stereocenters. The van der Waals surface area contributed by atoms with Crippen LogP contribution in [-0.4, -0.2) is 48.1 Å². The number of rotatable bonds is 14. The Bertz CT molecular complexity index is 1280. The number of halogens is 2. The van der Waals surface area contributed by atoms with Gasteiger partial charge < -0.3 is 33.6 Å². The number of hydrogen-bond acceptors (Lipinski definition) is 5. The van der Waals surface area contributed by atoms with E-state index in [1.54, 1.807) is 30.3 Å². The predicted octanol–water partition coefficient (Wildman–Crippen LogP) is 1.95. The number of amides is 3. The summed E-state index contributed by atoms with van der Waals surface area (Å²) in [6.07, 6.45) is 5.21. The lowest BCUT2D eigenvalue weighted by Crippen LogP contribution is -2.56. The number of aliphatic imine (C=N–C) groups is 1. The van der Waals surface area contributed by atoms with E-state index in [2.05, 4.69) is 15.6 Å². The fourth-order valence-electron chi connectivity index (χ4n) is 5.31. The molecule has 0 aromatic heterocycles. The lowest BCUT2D eigenvalue weighted by molar-refractivity contribution is -0.133. The van der Waals surface area contributed by atoms with Crippen molar-refractivity contribution in [2.24, 2.45) is 33.8 Å². The predicted molar refractivity (Wildman–Crippen MR) is 167 cm³/mol. The molecule has 2 aromatic rings. The van der Waals surface area contributed by atoms with Crippen molar-refractivity contribution in [2.45, 2.75) is 69.4 Å². The van der Waals surface area contributed by atoms with Gasteiger partial charge in [-0.25, -0.2) is 4.39 Å². The third-order valence-electron chi connectivity index (χ3n) is 7.58. The molecule has 0 bridgehead atoms. The number of nitrogens with two attached hydrogens (primary N) is 4. The van der Waals surface area contributed by atoms with Crippen LogP contribution in [0.15, 0.2) is 53.5 Å². The summed E-state index contributed by atoms with van der Waals surface area (Å²) in [5.74, 6) is -3.22. The van der Waals surface area contributed by atoms with E-state index in [0.717, 1.165) is 37.7 Å². The van der Waals surface area contributed by atoms with Crippen molar-refractivity contribution in [2.75, 3.05) is 6.54 Å². The standard InChI is InChI=1S/C30H41FN8O3.ClH/c31-22-9-4-8-21(17-22)23(16-18-11-13-20(14-12-18)26(32)33)28(41)39-25(19-6-2-1-3-7-19)29(42)38-24(27(34)40)10-5-15-37-30(35)36;/h4,8-9,11-14,17,19,23-25H,1-3,5-7,10,15-16H2,(H3,32,33)(H2,34,40)(H,38,42)(H,39,41)(H4,35,36,37);1H/t23-,24?,25-;/m0./s1. The Morgan fingerprint density at radius 2 is 1.63 bits per heavy atom. The summed E-state index contributed by atoms with van der Waals surface area (Å²) in [5.41, 5.74) is 23.6. The Hall–Kier alpha value is -4.19. The van der Waals surface area contributed by atoms with E-state index in [9.17, 15) is 18.8 Å². The summed E-state index contributed by atoms with van der Waals surface area (Å²) in [7, 11) is 0. The molecule has 11 nitrogen and oxygen atoms in total. The van der Waals surface area contributed by atoms with E-state index >= 15 is 0 Å². The van der Waals surface area contributed by atoms with Gasteiger partial charge in [-0.05, 0) is 61.3 Å². The highest BCUT2D eigenvalue weighted by atomic mass is 35.5. The summed E-state index contributed by atoms with van der Waals surface area (Å²) in [6, 6.07) is 10.9. The first-order valence-electron chi connectivity index (χ1n) is 14.2. The molecule has 3 amide bonds. The zero-order chi connectivity index (χ0) is 30.6. The van der Waals surface area contributed by atoms with Crippen LogP contribution in [0.1, 0.15) is 67.6 Å². The van der Waals surface area contributed by atoms with Crippen LogP contribution in [0.2, 0.25) is 0 Å². The molecule has 13 heteroatoms. The lowest BCUT2D eigenvalue weighted by atomic mass is 9.82. The fourth-order valence-corrected chi connectivity index (χ4v) is 5.31. The summed E-state index contributed by atoms with van der Waals surface area (Å²) >= 11 is 0. The quantitative estimate of drug-likeness (QED) is 0.0955. The lowest BCUT2D eigenvalue weighted by Gasteiger charge is -2.32. The number of hydrogen-bond donors (Lipinski definition) is 7. The van der Waals surface area contributed by atoms with Crippen molar-refractivity contribution < 1.29 is 18.8 Å². The second-order valence-electron chi connectivity index (χ2n) is 10.7. The van der Waals surface area contributed by atoms with Crippen LogP contribution < -0.4 is 33.6 Å². The van der Waals surface area contributed by atoms with Crippen molar-refractivity contribution in [1.82, 2.24) is 10.6 Å². The number of benzene rings is 2. The SMILES string of the molecule is Cl.N=C(N)c1ccc(C[C@H](C(=O)N[C@H](C(=O)NC(CCCN=C(N)N)C(N)=O)C2CCCCC2)c2cccc(F)c2)cc1. The van der Waals surface area contributed by atoms with E-state index in [0.29, 0.717) is 17.5 Å². The molecule has 11 N–H and O–H groups in total. The first-order chi connectivity index (χ1) is 20.0. The van der Waals surface area contributed by atoms with Gasteiger partial charge in [0.15, 0.2) is 5.96 Å². The Balaban J connectivity index is 0.00000645. The molecule has 1 aliphatic rings. The smallest absolute Gasteiger partial charge is 0.243 e. The average molecular weight is 617 g/mol. The van der Waals surface area contributed by atoms with Crippen molar-refractivity contribution in [1.29, 1.82) is 5.41 Å². The van der Waals surface area contributed by atoms with Crippen LogP contribution in [0.4, 0.5) is 4.39 Å². The van der Waals surface area contributed by atoms with Gasteiger partial charge in [0.05, 0.1) is 5.92 Å². The van der Waals surface area contributed by atoms with Gasteiger partial charge in [-0.2, -0.15) is 0 Å². The molecule has 234 valence electrons. The maximum atomic E-state index is 14.2. The van der Waals surface area contributed by atoms with E-state index in [4.69, 9.17) is 28.3 Å². The molecule has 0 spiro atoms. The van der Waals surface area contributed by atoms with Crippen LogP contribution in [-0.2, 0) is 20.8 Å². The van der Waals surface area contributed by atoms with Crippen molar-refractivity contribution in [3.05, 3.63) is 71.0 Å². The number of amidine groups is 1. The number of nitrogens with one attached hydrogen (secondary N) is 3. The van der Waals surface area contributed by atoms with E-state index < -0.39 is 41.5 Å². The highest BCUT2D eigenvalue weighted by molar-refractivity contribution is 5.95. The summed E-state index contributed by atoms with van der Waals surface area (Å²) in [4.78, 5) is 43.6. The second-order valence-corrected chi connectivity index (χ2v) is 10.7. The first kappa shape index (κ1) is 35.0. The van der Waals surface area contributed by atoms with Crippen LogP contribution in [0.25, 0.3) is 0 Å². The maximum absolute atomic E-state index is 14.2. The first-order valence-corrected chi connectivity index (χ1v) is 14.2. The van der Waals surface area contributed by atoms with Crippen LogP contribution in [0, 0.1) is 17.1 Å². The van der Waals surface area contributed by atoms with Gasteiger partial charge in [0.1, 0.15) is 23.7 Å². The fraction of sp³-hybridized carbons (Fsp3) is 0.433. The second kappa shape index (κ2) is 17.1. The minimum absolute atomic E-state index is 0. The normalized spacial score (nSPS) is 15.2. The molecule has 43 heavy (non-hydrogen) atoms. The molecular weight excluding hydrogens is 575 g/mol. The average Bonchev–Trinajstić information content (AvgIpc) is 2.96. The zero-order valence-electron chi connectivity index (χ0n) is 24.1. The molecule has 0 saturated heterocycles. The van der Waals surface area contributed by atoms with E-state index in [-0.39, 0.29) is 49.5 Å². The van der Waals surface area contributed by atoms with Gasteiger partial charge in [0, 0.05) is 12.1 Å². The molecule has 1 fully saturated rings. The molecule has 3 rings (SSSR count). The van der Waals surface area contributed by atoms with Gasteiger partial charge in [-0.15, -0.1) is 12.4 Å². The van der Waals surface area contributed by atoms with Gasteiger partial charge >= 0.3 is 0 Å². The highest BCUT2D eigenvalue weighted by Crippen LogP contribution is 2.29. The number of primary amides is 1. The summed E-state index contributed by atoms with van der Waals surface area (Å²) < 4.78 is 14.2. The highest BCUT2D eigenvalue weighted by Gasteiger charge is 2.35. The Labute approximate surface area is 257 Å². The largest absolute Gasteiger partial charge is 0.384 e. The van der Waals surface area contributed by atoms with Crippen LogP contribution in [0.5, 0.6) is 0 Å². The molecule has 1 saturated carbocycles. The molecular formula is C30H42ClFN8O3. The number of carbonyl (C=O) groups excluding carboxylic acids is 3. The summed E-state index contributed by atoms with van der Waals surface area (Å²) in [5, 5.41) is 13.3. The molecule has 0 heterocycles. The zero-order valence-corrected chi connectivity index (χ0v) is 24.9. The van der Waals surface area contributed by atoms with Gasteiger partial charge in [0.25, 0.3) is 0 Å². The monoisotopic (exact) mass is 616 g/mol. The Kier molecular flexibility index (Phi) is 13.9. The molecule has 2 aromatic carbocycles. The molecule has 0 aliphatic heterocycles. The summed E-state index contributed by atoms with van der Waals surface area (Å²) in [6.45, 7) is 0.271. The Morgan fingerprint density at radius 1 is 0.953 bits per heavy atom.